The minimum Gasteiger partial charge on any atom is -0.495 e. The number of halogens is 1. The molecular formula is C50H55FN14O5. The first-order valence-electron chi connectivity index (χ1n) is 24.1. The maximum absolute atomic E-state index is 15.6. The standard InChI is InChI=1S/C50H55FN14O5/c1-68-44-18-43(39(51)17-41(44)57-40-9-11-46(66)59-50(40)67)61-15-13-60(14-16-61)35-5-7-36(8-6-35)64-25-34(23-55-64)42-28-65-49(33(19-52)22-56-65)48(58-42)32-4-10-45(53-21-32)62-26-37-29-70-30-38(27-62)63(37)24-31-3-12-47(69-2)54-20-31/h3-4,10,12,17-18,20-23,25,28,35-38,40,57H,5-9,11,13-16,24,26-27,29-30H2,1-2H3,(H,59,66,67)/t35-,36-,37?,38?,40?. The summed E-state index contributed by atoms with van der Waals surface area (Å²) >= 11 is 0. The summed E-state index contributed by atoms with van der Waals surface area (Å²) in [6.07, 6.45) is 15.6. The van der Waals surface area contributed by atoms with Gasteiger partial charge in [0, 0.05) is 106 Å². The number of nitrogens with zero attached hydrogens (tertiary/aromatic N) is 12. The normalized spacial score (nSPS) is 23.3. The van der Waals surface area contributed by atoms with Gasteiger partial charge in [0.05, 0.1) is 86.9 Å². The van der Waals surface area contributed by atoms with E-state index in [1.165, 1.54) is 13.2 Å². The van der Waals surface area contributed by atoms with E-state index in [-0.39, 0.29) is 30.5 Å². The van der Waals surface area contributed by atoms with Crippen molar-refractivity contribution in [3.05, 3.63) is 90.5 Å². The molecule has 19 nitrogen and oxygen atoms in total. The second-order valence-electron chi connectivity index (χ2n) is 18.8. The van der Waals surface area contributed by atoms with Gasteiger partial charge >= 0.3 is 0 Å². The number of piperidine rings is 1. The number of nitrogens with one attached hydrogen (secondary N) is 2. The molecular weight excluding hydrogens is 896 g/mol. The number of anilines is 3. The van der Waals surface area contributed by atoms with E-state index in [0.717, 1.165) is 80.9 Å². The van der Waals surface area contributed by atoms with Gasteiger partial charge in [-0.05, 0) is 49.8 Å². The molecule has 5 aromatic heterocycles. The molecule has 2 N–H and O–H groups in total. The number of nitriles is 1. The lowest BCUT2D eigenvalue weighted by Gasteiger charge is -2.50. The Kier molecular flexibility index (Phi) is 12.5. The lowest BCUT2D eigenvalue weighted by atomic mass is 9.90. The van der Waals surface area contributed by atoms with Gasteiger partial charge in [-0.3, -0.25) is 29.4 Å². The number of hydrogen-bond acceptors (Lipinski definition) is 16. The van der Waals surface area contributed by atoms with Gasteiger partial charge in [-0.15, -0.1) is 0 Å². The number of imide groups is 1. The van der Waals surface area contributed by atoms with E-state index < -0.39 is 17.8 Å². The van der Waals surface area contributed by atoms with E-state index in [1.807, 2.05) is 43.0 Å². The Morgan fingerprint density at radius 1 is 0.843 bits per heavy atom. The fourth-order valence-corrected chi connectivity index (χ4v) is 10.9. The van der Waals surface area contributed by atoms with Crippen molar-refractivity contribution in [2.45, 2.75) is 75.3 Å². The van der Waals surface area contributed by atoms with Gasteiger partial charge in [0.15, 0.2) is 0 Å². The van der Waals surface area contributed by atoms with Crippen LogP contribution in [0.2, 0.25) is 0 Å². The van der Waals surface area contributed by atoms with E-state index in [1.54, 1.807) is 23.9 Å². The third-order valence-electron chi connectivity index (χ3n) is 14.7. The van der Waals surface area contributed by atoms with E-state index in [0.29, 0.717) is 84.2 Å². The molecule has 2 bridgehead atoms. The van der Waals surface area contributed by atoms with Crippen molar-refractivity contribution in [3.8, 4) is 40.2 Å². The Morgan fingerprint density at radius 3 is 2.34 bits per heavy atom. The number of morpholine rings is 1. The van der Waals surface area contributed by atoms with Gasteiger partial charge < -0.3 is 29.3 Å². The number of piperazine rings is 2. The molecule has 11 rings (SSSR count). The number of carbonyl (C=O) groups is 2. The molecule has 1 aliphatic carbocycles. The summed E-state index contributed by atoms with van der Waals surface area (Å²) in [5.74, 6) is 0.803. The number of amides is 2. The Balaban J connectivity index is 0.724. The maximum Gasteiger partial charge on any atom is 0.249 e. The molecule has 5 aliphatic rings. The number of hydrogen-bond donors (Lipinski definition) is 2. The van der Waals surface area contributed by atoms with E-state index in [4.69, 9.17) is 29.3 Å². The van der Waals surface area contributed by atoms with Crippen molar-refractivity contribution < 1.29 is 28.2 Å². The highest BCUT2D eigenvalue weighted by molar-refractivity contribution is 6.01. The smallest absolute Gasteiger partial charge is 0.249 e. The van der Waals surface area contributed by atoms with Crippen LogP contribution in [-0.2, 0) is 20.9 Å². The zero-order valence-corrected chi connectivity index (χ0v) is 39.2. The van der Waals surface area contributed by atoms with Crippen molar-refractivity contribution in [1.82, 2.24) is 49.5 Å². The lowest BCUT2D eigenvalue weighted by molar-refractivity contribution is -0.133. The summed E-state index contributed by atoms with van der Waals surface area (Å²) in [6, 6.07) is 13.8. The second-order valence-corrected chi connectivity index (χ2v) is 18.8. The topological polar surface area (TPSA) is 196 Å². The zero-order chi connectivity index (χ0) is 47.9. The van der Waals surface area contributed by atoms with Gasteiger partial charge in [0.2, 0.25) is 17.7 Å². The molecule has 0 radical (unpaired) electrons. The summed E-state index contributed by atoms with van der Waals surface area (Å²) in [7, 11) is 3.15. The van der Waals surface area contributed by atoms with Crippen LogP contribution in [0.5, 0.6) is 11.6 Å². The summed E-state index contributed by atoms with van der Waals surface area (Å²) < 4.78 is 36.3. The summed E-state index contributed by atoms with van der Waals surface area (Å²) in [4.78, 5) is 47.9. The van der Waals surface area contributed by atoms with Crippen molar-refractivity contribution in [2.75, 3.05) is 81.8 Å². The number of fused-ring (bicyclic) bond motifs is 3. The molecule has 20 heteroatoms. The largest absolute Gasteiger partial charge is 0.495 e. The molecule has 3 atom stereocenters. The van der Waals surface area contributed by atoms with Crippen molar-refractivity contribution in [2.24, 2.45) is 0 Å². The maximum atomic E-state index is 15.6. The zero-order valence-electron chi connectivity index (χ0n) is 39.2. The molecule has 4 aliphatic heterocycles. The molecule has 1 saturated carbocycles. The summed E-state index contributed by atoms with van der Waals surface area (Å²) in [5, 5.41) is 24.9. The summed E-state index contributed by atoms with van der Waals surface area (Å²) in [5.41, 5.74) is 6.02. The average molecular weight is 951 g/mol. The molecule has 6 aromatic rings. The molecule has 2 amide bonds. The van der Waals surface area contributed by atoms with Crippen molar-refractivity contribution in [1.29, 1.82) is 5.26 Å². The van der Waals surface area contributed by atoms with Gasteiger partial charge in [-0.2, -0.15) is 15.5 Å². The molecule has 70 heavy (non-hydrogen) atoms. The van der Waals surface area contributed by atoms with Crippen LogP contribution in [-0.4, -0.2) is 147 Å². The highest BCUT2D eigenvalue weighted by Gasteiger charge is 2.39. The molecule has 9 heterocycles. The number of carbonyl (C=O) groups excluding carboxylic acids is 2. The SMILES string of the molecule is COc1ccc(CN2C3COCC2CN(c2ccc(-c4nc(-c5cnn([C@H]6CC[C@H](N7CCN(c8cc(OC)c(NC9CCC(=O)NC9=O)cc8F)CC7)CC6)c5)cn5ncc(C#N)c45)cn2)C3)cn1. The van der Waals surface area contributed by atoms with Crippen LogP contribution in [0, 0.1) is 17.1 Å². The fourth-order valence-electron chi connectivity index (χ4n) is 10.9. The predicted molar refractivity (Wildman–Crippen MR) is 257 cm³/mol. The number of rotatable bonds is 12. The molecule has 5 fully saturated rings. The Hall–Kier alpha value is -7.21. The van der Waals surface area contributed by atoms with Crippen LogP contribution in [0.1, 0.15) is 55.7 Å². The quantitative estimate of drug-likeness (QED) is 0.160. The summed E-state index contributed by atoms with van der Waals surface area (Å²) in [6.45, 7) is 6.61. The minimum absolute atomic E-state index is 0.201. The van der Waals surface area contributed by atoms with Crippen LogP contribution in [0.25, 0.3) is 28.0 Å². The number of ether oxygens (including phenoxy) is 3. The monoisotopic (exact) mass is 950 g/mol. The Labute approximate surface area is 404 Å². The second kappa shape index (κ2) is 19.3. The van der Waals surface area contributed by atoms with Crippen molar-refractivity contribution >= 4 is 34.5 Å². The fraction of sp³-hybridized carbons (Fsp3) is 0.440. The van der Waals surface area contributed by atoms with Crippen LogP contribution >= 0.6 is 0 Å². The third kappa shape index (κ3) is 8.95. The van der Waals surface area contributed by atoms with Gasteiger partial charge in [0.1, 0.15) is 40.6 Å². The first-order valence-corrected chi connectivity index (χ1v) is 24.1. The lowest BCUT2D eigenvalue weighted by Crippen LogP contribution is -2.64. The highest BCUT2D eigenvalue weighted by Crippen LogP contribution is 2.37. The number of aromatic nitrogens is 7. The van der Waals surface area contributed by atoms with Crippen LogP contribution in [0.3, 0.4) is 0 Å². The van der Waals surface area contributed by atoms with E-state index in [9.17, 15) is 14.9 Å². The number of pyridine rings is 2. The Morgan fingerprint density at radius 2 is 1.64 bits per heavy atom. The molecule has 1 aromatic carbocycles. The molecule has 0 spiro atoms. The van der Waals surface area contributed by atoms with E-state index >= 15 is 4.39 Å². The van der Waals surface area contributed by atoms with Gasteiger partial charge in [-0.1, -0.05) is 6.07 Å². The van der Waals surface area contributed by atoms with Crippen LogP contribution < -0.4 is 29.9 Å². The number of benzene rings is 1. The number of methoxy groups -OCH3 is 2. The van der Waals surface area contributed by atoms with Crippen molar-refractivity contribution in [3.63, 3.8) is 0 Å². The molecule has 3 unspecified atom stereocenters. The average Bonchev–Trinajstić information content (AvgIpc) is 4.06. The molecule has 4 saturated heterocycles. The third-order valence-corrected chi connectivity index (χ3v) is 14.7. The van der Waals surface area contributed by atoms with E-state index in [2.05, 4.69) is 63.3 Å². The van der Waals surface area contributed by atoms with Gasteiger partial charge in [-0.25, -0.2) is 23.9 Å². The van der Waals surface area contributed by atoms with Crippen LogP contribution in [0.15, 0.2) is 73.6 Å². The molecule has 362 valence electrons. The predicted octanol–water partition coefficient (Wildman–Crippen LogP) is 4.69. The Bertz CT molecular complexity index is 2910. The van der Waals surface area contributed by atoms with Crippen LogP contribution in [0.4, 0.5) is 21.6 Å². The minimum atomic E-state index is -0.645. The first kappa shape index (κ1) is 45.2. The first-order chi connectivity index (χ1) is 34.2. The highest BCUT2D eigenvalue weighted by atomic mass is 19.1. The van der Waals surface area contributed by atoms with Gasteiger partial charge in [0.25, 0.3) is 0 Å².